The molecule has 0 aliphatic heterocycles. The fourth-order valence-corrected chi connectivity index (χ4v) is 4.26. The first kappa shape index (κ1) is 24.1. The third-order valence-corrected chi connectivity index (χ3v) is 6.42. The third-order valence-electron chi connectivity index (χ3n) is 4.14. The first-order valence-electron chi connectivity index (χ1n) is 8.89. The van der Waals surface area contributed by atoms with Gasteiger partial charge in [0, 0.05) is 11.1 Å². The molecule has 3 aromatic rings. The van der Waals surface area contributed by atoms with Crippen LogP contribution in [0.3, 0.4) is 0 Å². The van der Waals surface area contributed by atoms with Crippen molar-refractivity contribution in [2.45, 2.75) is 6.92 Å². The SMILES string of the molecule is C/C(=N\NC(=S)Nc1ccc(Cl)c(NC(N)=O)c1)c1csc(-c2ccc(Cl)c(Cl)c2)c1O. The molecule has 0 saturated carbocycles. The average molecular weight is 529 g/mol. The number of halogens is 3. The lowest BCUT2D eigenvalue weighted by Crippen LogP contribution is -2.25. The molecule has 0 unspecified atom stereocenters. The summed E-state index contributed by atoms with van der Waals surface area (Å²) in [6, 6.07) is 9.24. The predicted molar refractivity (Wildman–Crippen MR) is 138 cm³/mol. The minimum atomic E-state index is -0.735. The van der Waals surface area contributed by atoms with E-state index in [9.17, 15) is 9.90 Å². The number of nitrogens with one attached hydrogen (secondary N) is 3. The summed E-state index contributed by atoms with van der Waals surface area (Å²) in [6.07, 6.45) is 0. The summed E-state index contributed by atoms with van der Waals surface area (Å²) in [4.78, 5) is 11.7. The highest BCUT2D eigenvalue weighted by molar-refractivity contribution is 7.80. The number of benzene rings is 2. The molecule has 12 heteroatoms. The van der Waals surface area contributed by atoms with Gasteiger partial charge in [-0.1, -0.05) is 40.9 Å². The number of hydrogen-bond donors (Lipinski definition) is 5. The molecular formula is C20H16Cl3N5O2S2. The molecule has 0 aliphatic rings. The standard InChI is InChI=1S/C20H16Cl3N5O2S2/c1-9(12-8-32-18(17(12)29)10-2-4-13(21)15(23)6-10)27-28-20(31)25-11-3-5-14(22)16(7-11)26-19(24)30/h2-8,29H,1H3,(H3,24,26,30)(H2,25,28,31)/b27-9+. The molecule has 166 valence electrons. The van der Waals surface area contributed by atoms with Crippen LogP contribution in [0.4, 0.5) is 16.2 Å². The van der Waals surface area contributed by atoms with Crippen LogP contribution in [-0.4, -0.2) is 22.0 Å². The van der Waals surface area contributed by atoms with Crippen molar-refractivity contribution in [2.75, 3.05) is 10.6 Å². The highest BCUT2D eigenvalue weighted by Crippen LogP contribution is 2.40. The van der Waals surface area contributed by atoms with Gasteiger partial charge < -0.3 is 21.5 Å². The third kappa shape index (κ3) is 5.81. The highest BCUT2D eigenvalue weighted by atomic mass is 35.5. The lowest BCUT2D eigenvalue weighted by molar-refractivity contribution is 0.259. The fraction of sp³-hybridized carbons (Fsp3) is 0.0500. The number of hydrazone groups is 1. The molecule has 2 aromatic carbocycles. The maximum atomic E-state index is 11.1. The lowest BCUT2D eigenvalue weighted by Gasteiger charge is -2.11. The second-order valence-corrected chi connectivity index (χ2v) is 8.91. The van der Waals surface area contributed by atoms with Crippen molar-refractivity contribution in [3.8, 4) is 16.2 Å². The van der Waals surface area contributed by atoms with Gasteiger partial charge in [0.15, 0.2) is 5.11 Å². The van der Waals surface area contributed by atoms with Gasteiger partial charge in [-0.3, -0.25) is 5.43 Å². The summed E-state index contributed by atoms with van der Waals surface area (Å²) in [5.74, 6) is 0.0789. The molecule has 3 rings (SSSR count). The maximum Gasteiger partial charge on any atom is 0.316 e. The van der Waals surface area contributed by atoms with Crippen LogP contribution in [0.2, 0.25) is 15.1 Å². The Morgan fingerprint density at radius 3 is 2.50 bits per heavy atom. The molecule has 0 bridgehead atoms. The van der Waals surface area contributed by atoms with Crippen molar-refractivity contribution in [1.82, 2.24) is 5.43 Å². The second kappa shape index (κ2) is 10.4. The molecule has 0 saturated heterocycles. The van der Waals surface area contributed by atoms with Crippen molar-refractivity contribution >= 4 is 86.6 Å². The van der Waals surface area contributed by atoms with E-state index in [0.717, 1.165) is 5.56 Å². The van der Waals surface area contributed by atoms with Crippen LogP contribution in [0, 0.1) is 0 Å². The highest BCUT2D eigenvalue weighted by Gasteiger charge is 2.16. The molecule has 1 aromatic heterocycles. The van der Waals surface area contributed by atoms with Crippen molar-refractivity contribution in [3.05, 3.63) is 62.4 Å². The van der Waals surface area contributed by atoms with E-state index in [0.29, 0.717) is 42.6 Å². The molecular weight excluding hydrogens is 513 g/mol. The number of urea groups is 1. The van der Waals surface area contributed by atoms with Gasteiger partial charge >= 0.3 is 6.03 Å². The summed E-state index contributed by atoms with van der Waals surface area (Å²) in [6.45, 7) is 1.73. The van der Waals surface area contributed by atoms with Crippen LogP contribution in [-0.2, 0) is 0 Å². The van der Waals surface area contributed by atoms with E-state index in [1.807, 2.05) is 0 Å². The number of hydrogen-bond acceptors (Lipinski definition) is 5. The number of carbonyl (C=O) groups excluding carboxylic acids is 1. The minimum absolute atomic E-state index is 0.0789. The number of rotatable bonds is 5. The lowest BCUT2D eigenvalue weighted by atomic mass is 10.1. The monoisotopic (exact) mass is 527 g/mol. The number of thiocarbonyl (C=S) groups is 1. The van der Waals surface area contributed by atoms with E-state index < -0.39 is 6.03 Å². The van der Waals surface area contributed by atoms with E-state index in [1.54, 1.807) is 48.7 Å². The quantitative estimate of drug-likeness (QED) is 0.152. The Morgan fingerprint density at radius 1 is 1.09 bits per heavy atom. The summed E-state index contributed by atoms with van der Waals surface area (Å²) in [5.41, 5.74) is 10.5. The first-order valence-corrected chi connectivity index (χ1v) is 11.3. The van der Waals surface area contributed by atoms with Crippen LogP contribution in [0.1, 0.15) is 12.5 Å². The van der Waals surface area contributed by atoms with Crippen molar-refractivity contribution in [3.63, 3.8) is 0 Å². The molecule has 0 spiro atoms. The smallest absolute Gasteiger partial charge is 0.316 e. The maximum absolute atomic E-state index is 11.1. The molecule has 6 N–H and O–H groups in total. The van der Waals surface area contributed by atoms with Crippen molar-refractivity contribution in [2.24, 2.45) is 10.8 Å². The number of aromatic hydroxyl groups is 1. The fourth-order valence-electron chi connectivity index (χ4n) is 2.64. The van der Waals surface area contributed by atoms with Crippen LogP contribution in [0.15, 0.2) is 46.9 Å². The second-order valence-electron chi connectivity index (χ2n) is 6.40. The number of anilines is 2. The Hall–Kier alpha value is -2.56. The molecule has 1 heterocycles. The number of carbonyl (C=O) groups is 1. The van der Waals surface area contributed by atoms with E-state index >= 15 is 0 Å². The number of thiophene rings is 1. The molecule has 0 aliphatic carbocycles. The van der Waals surface area contributed by atoms with Crippen LogP contribution in [0.25, 0.3) is 10.4 Å². The van der Waals surface area contributed by atoms with Crippen LogP contribution < -0.4 is 21.8 Å². The largest absolute Gasteiger partial charge is 0.506 e. The Morgan fingerprint density at radius 2 is 1.81 bits per heavy atom. The topological polar surface area (TPSA) is 112 Å². The van der Waals surface area contributed by atoms with E-state index in [1.165, 1.54) is 11.3 Å². The molecule has 2 amide bonds. The zero-order chi connectivity index (χ0) is 23.4. The summed E-state index contributed by atoms with van der Waals surface area (Å²) in [5, 5.41) is 23.4. The van der Waals surface area contributed by atoms with Gasteiger partial charge in [-0.05, 0) is 55.0 Å². The van der Waals surface area contributed by atoms with E-state index in [-0.39, 0.29) is 10.9 Å². The Bertz CT molecular complexity index is 1230. The normalized spacial score (nSPS) is 11.2. The molecule has 32 heavy (non-hydrogen) atoms. The van der Waals surface area contributed by atoms with Gasteiger partial charge in [-0.2, -0.15) is 5.10 Å². The van der Waals surface area contributed by atoms with Gasteiger partial charge in [-0.25, -0.2) is 4.79 Å². The first-order chi connectivity index (χ1) is 15.2. The number of amides is 2. The predicted octanol–water partition coefficient (Wildman–Crippen LogP) is 6.28. The Labute approximate surface area is 208 Å². The number of primary amides is 1. The summed E-state index contributed by atoms with van der Waals surface area (Å²) in [7, 11) is 0. The Kier molecular flexibility index (Phi) is 7.81. The average Bonchev–Trinajstić information content (AvgIpc) is 3.12. The van der Waals surface area contributed by atoms with Gasteiger partial charge in [0.25, 0.3) is 0 Å². The number of nitrogens with zero attached hydrogens (tertiary/aromatic N) is 1. The van der Waals surface area contributed by atoms with Gasteiger partial charge in [0.1, 0.15) is 5.75 Å². The summed E-state index contributed by atoms with van der Waals surface area (Å²) < 4.78 is 0. The molecule has 0 fully saturated rings. The van der Waals surface area contributed by atoms with Gasteiger partial charge in [0.2, 0.25) is 0 Å². The van der Waals surface area contributed by atoms with Gasteiger partial charge in [-0.15, -0.1) is 11.3 Å². The summed E-state index contributed by atoms with van der Waals surface area (Å²) >= 11 is 24.7. The van der Waals surface area contributed by atoms with Crippen molar-refractivity contribution < 1.29 is 9.90 Å². The molecule has 0 atom stereocenters. The van der Waals surface area contributed by atoms with Gasteiger partial charge in [0.05, 0.1) is 36.9 Å². The van der Waals surface area contributed by atoms with Crippen LogP contribution >= 0.6 is 58.4 Å². The Balaban J connectivity index is 1.71. The van der Waals surface area contributed by atoms with Crippen LogP contribution in [0.5, 0.6) is 5.75 Å². The number of nitrogens with two attached hydrogens (primary N) is 1. The minimum Gasteiger partial charge on any atom is -0.506 e. The van der Waals surface area contributed by atoms with E-state index in [2.05, 4.69) is 21.2 Å². The zero-order valence-electron chi connectivity index (χ0n) is 16.4. The molecule has 7 nitrogen and oxygen atoms in total. The van der Waals surface area contributed by atoms with Crippen molar-refractivity contribution in [1.29, 1.82) is 0 Å². The molecule has 0 radical (unpaired) electrons. The zero-order valence-corrected chi connectivity index (χ0v) is 20.3. The van der Waals surface area contributed by atoms with E-state index in [4.69, 9.17) is 52.8 Å².